The Labute approximate surface area is 218 Å². The number of fused-ring (bicyclic) bond motifs is 1. The van der Waals surface area contributed by atoms with Crippen LogP contribution in [0, 0.1) is 25.6 Å². The monoisotopic (exact) mass is 527 g/mol. The number of ether oxygens (including phenoxy) is 1. The second-order valence-corrected chi connectivity index (χ2v) is 10.3. The first-order valence-electron chi connectivity index (χ1n) is 12.8. The molecule has 4 atom stereocenters. The van der Waals surface area contributed by atoms with Crippen LogP contribution in [-0.4, -0.2) is 62.8 Å². The Morgan fingerprint density at radius 1 is 1.21 bits per heavy atom. The second-order valence-electron chi connectivity index (χ2n) is 10.3. The predicted octanol–water partition coefficient (Wildman–Crippen LogP) is 3.27. The van der Waals surface area contributed by atoms with Crippen LogP contribution in [-0.2, 0) is 4.79 Å². The molecule has 3 aromatic rings. The molecule has 1 aromatic carbocycles. The topological polar surface area (TPSA) is 129 Å². The van der Waals surface area contributed by atoms with Gasteiger partial charge in [0.2, 0.25) is 5.91 Å². The number of H-pyrrole nitrogens is 1. The fraction of sp³-hybridized carbons (Fsp3) is 0.481. The van der Waals surface area contributed by atoms with Gasteiger partial charge in [0, 0.05) is 18.2 Å². The molecule has 2 fully saturated rings. The SMILES string of the molecule is Cc1ccc(OCC2CC2)c(-c2ncnc3c(C(=O)N[C@@H]4C[C@H](NC(=O)[C@H](C)O)C[C@H]4F)c(C)[nH]c23)c1F. The van der Waals surface area contributed by atoms with Crippen molar-refractivity contribution in [1.82, 2.24) is 25.6 Å². The van der Waals surface area contributed by atoms with E-state index in [1.54, 1.807) is 26.0 Å². The van der Waals surface area contributed by atoms with Crippen molar-refractivity contribution in [3.8, 4) is 17.0 Å². The van der Waals surface area contributed by atoms with E-state index in [0.29, 0.717) is 35.0 Å². The van der Waals surface area contributed by atoms with Gasteiger partial charge in [0.1, 0.15) is 41.4 Å². The molecule has 0 unspecified atom stereocenters. The van der Waals surface area contributed by atoms with Gasteiger partial charge in [-0.25, -0.2) is 18.7 Å². The van der Waals surface area contributed by atoms with E-state index in [1.165, 1.54) is 13.3 Å². The first-order valence-corrected chi connectivity index (χ1v) is 12.8. The van der Waals surface area contributed by atoms with Crippen molar-refractivity contribution in [1.29, 1.82) is 0 Å². The van der Waals surface area contributed by atoms with E-state index in [0.717, 1.165) is 12.8 Å². The maximum absolute atomic E-state index is 15.5. The summed E-state index contributed by atoms with van der Waals surface area (Å²) in [4.78, 5) is 36.9. The smallest absolute Gasteiger partial charge is 0.255 e. The molecule has 0 saturated heterocycles. The molecule has 2 heterocycles. The van der Waals surface area contributed by atoms with Crippen molar-refractivity contribution < 1.29 is 28.2 Å². The van der Waals surface area contributed by atoms with Gasteiger partial charge in [0.15, 0.2) is 0 Å². The molecular weight excluding hydrogens is 496 g/mol. The highest BCUT2D eigenvalue weighted by atomic mass is 19.1. The molecule has 2 saturated carbocycles. The molecule has 0 aliphatic heterocycles. The van der Waals surface area contributed by atoms with E-state index in [2.05, 4.69) is 25.6 Å². The predicted molar refractivity (Wildman–Crippen MR) is 136 cm³/mol. The maximum Gasteiger partial charge on any atom is 0.255 e. The Balaban J connectivity index is 1.43. The Morgan fingerprint density at radius 3 is 2.68 bits per heavy atom. The van der Waals surface area contributed by atoms with Crippen LogP contribution in [0.5, 0.6) is 5.75 Å². The number of aromatic amines is 1. The molecule has 0 bridgehead atoms. The van der Waals surface area contributed by atoms with Gasteiger partial charge >= 0.3 is 0 Å². The summed E-state index contributed by atoms with van der Waals surface area (Å²) < 4.78 is 36.1. The molecule has 4 N–H and O–H groups in total. The number of hydrogen-bond donors (Lipinski definition) is 4. The molecule has 202 valence electrons. The average Bonchev–Trinajstić information content (AvgIpc) is 3.55. The van der Waals surface area contributed by atoms with Crippen LogP contribution >= 0.6 is 0 Å². The van der Waals surface area contributed by atoms with E-state index in [-0.39, 0.29) is 35.2 Å². The van der Waals surface area contributed by atoms with Gasteiger partial charge in [-0.3, -0.25) is 9.59 Å². The minimum absolute atomic E-state index is 0.0266. The first-order chi connectivity index (χ1) is 18.1. The van der Waals surface area contributed by atoms with Gasteiger partial charge < -0.3 is 25.5 Å². The largest absolute Gasteiger partial charge is 0.492 e. The zero-order valence-electron chi connectivity index (χ0n) is 21.5. The summed E-state index contributed by atoms with van der Waals surface area (Å²) >= 11 is 0. The number of benzene rings is 1. The number of halogens is 2. The number of carbonyl (C=O) groups excluding carboxylic acids is 2. The fourth-order valence-corrected chi connectivity index (χ4v) is 4.90. The van der Waals surface area contributed by atoms with Crippen molar-refractivity contribution in [2.45, 2.75) is 70.8 Å². The lowest BCUT2D eigenvalue weighted by Crippen LogP contribution is -2.41. The third kappa shape index (κ3) is 5.07. The highest BCUT2D eigenvalue weighted by Gasteiger charge is 2.37. The van der Waals surface area contributed by atoms with E-state index < -0.39 is 42.0 Å². The molecule has 2 aliphatic rings. The number of aliphatic hydroxyl groups excluding tert-OH is 1. The van der Waals surface area contributed by atoms with Crippen LogP contribution in [0.1, 0.15) is 54.2 Å². The molecule has 2 amide bonds. The van der Waals surface area contributed by atoms with Crippen LogP contribution in [0.2, 0.25) is 0 Å². The normalized spacial score (nSPS) is 21.9. The Kier molecular flexibility index (Phi) is 7.04. The van der Waals surface area contributed by atoms with Crippen LogP contribution in [0.3, 0.4) is 0 Å². The zero-order chi connectivity index (χ0) is 27.1. The summed E-state index contributed by atoms with van der Waals surface area (Å²) in [5.74, 6) is -0.753. The molecular formula is C27H31F2N5O4. The molecule has 0 spiro atoms. The molecule has 9 nitrogen and oxygen atoms in total. The van der Waals surface area contributed by atoms with Gasteiger partial charge in [-0.2, -0.15) is 0 Å². The Bertz CT molecular complexity index is 1390. The number of rotatable bonds is 8. The lowest BCUT2D eigenvalue weighted by atomic mass is 10.0. The fourth-order valence-electron chi connectivity index (χ4n) is 4.90. The van der Waals surface area contributed by atoms with Crippen molar-refractivity contribution in [2.75, 3.05) is 6.61 Å². The van der Waals surface area contributed by atoms with Gasteiger partial charge in [-0.1, -0.05) is 6.07 Å². The third-order valence-corrected chi connectivity index (χ3v) is 7.23. The molecule has 38 heavy (non-hydrogen) atoms. The quantitative estimate of drug-likeness (QED) is 0.356. The second kappa shape index (κ2) is 10.3. The van der Waals surface area contributed by atoms with Gasteiger partial charge in [-0.15, -0.1) is 0 Å². The van der Waals surface area contributed by atoms with Crippen molar-refractivity contribution in [3.05, 3.63) is 41.1 Å². The lowest BCUT2D eigenvalue weighted by molar-refractivity contribution is -0.129. The number of aryl methyl sites for hydroxylation is 2. The number of amides is 2. The number of nitrogens with one attached hydrogen (secondary N) is 3. The first kappa shape index (κ1) is 26.0. The van der Waals surface area contributed by atoms with Crippen molar-refractivity contribution >= 4 is 22.8 Å². The number of aliphatic hydroxyl groups is 1. The summed E-state index contributed by atoms with van der Waals surface area (Å²) in [6.07, 6.45) is 1.07. The van der Waals surface area contributed by atoms with E-state index in [1.807, 2.05) is 0 Å². The van der Waals surface area contributed by atoms with Crippen LogP contribution in [0.25, 0.3) is 22.3 Å². The minimum Gasteiger partial charge on any atom is -0.492 e. The van der Waals surface area contributed by atoms with Crippen LogP contribution in [0.4, 0.5) is 8.78 Å². The molecule has 0 radical (unpaired) electrons. The Hall–Kier alpha value is -3.60. The highest BCUT2D eigenvalue weighted by Crippen LogP contribution is 2.39. The standard InChI is InChI=1S/C27H31F2N5O4/c1-12-4-7-19(38-10-15-5-6-15)21(22(12)29)24-25-23(30-11-31-24)20(13(2)32-25)27(37)34-18-9-16(8-17(18)28)33-26(36)14(3)35/h4,7,11,14-18,32,35H,5-6,8-10H2,1-3H3,(H,33,36)(H,34,37)/t14-,16+,17+,18+/m0/s1. The summed E-state index contributed by atoms with van der Waals surface area (Å²) in [7, 11) is 0. The summed E-state index contributed by atoms with van der Waals surface area (Å²) in [6, 6.07) is 2.05. The average molecular weight is 528 g/mol. The highest BCUT2D eigenvalue weighted by molar-refractivity contribution is 6.09. The third-order valence-electron chi connectivity index (χ3n) is 7.23. The van der Waals surface area contributed by atoms with Crippen LogP contribution in [0.15, 0.2) is 18.5 Å². The van der Waals surface area contributed by atoms with Crippen molar-refractivity contribution in [3.63, 3.8) is 0 Å². The number of alkyl halides is 1. The van der Waals surface area contributed by atoms with E-state index in [4.69, 9.17) is 4.74 Å². The summed E-state index contributed by atoms with van der Waals surface area (Å²) in [5.41, 5.74) is 2.24. The zero-order valence-corrected chi connectivity index (χ0v) is 21.5. The summed E-state index contributed by atoms with van der Waals surface area (Å²) in [5, 5.41) is 14.7. The van der Waals surface area contributed by atoms with E-state index >= 15 is 4.39 Å². The Morgan fingerprint density at radius 2 is 1.97 bits per heavy atom. The maximum atomic E-state index is 15.5. The molecule has 2 aromatic heterocycles. The lowest BCUT2D eigenvalue weighted by Gasteiger charge is -2.16. The number of hydrogen-bond acceptors (Lipinski definition) is 6. The van der Waals surface area contributed by atoms with Crippen molar-refractivity contribution in [2.24, 2.45) is 5.92 Å². The van der Waals surface area contributed by atoms with Crippen LogP contribution < -0.4 is 15.4 Å². The van der Waals surface area contributed by atoms with Gasteiger partial charge in [0.25, 0.3) is 5.91 Å². The molecule has 11 heteroatoms. The molecule has 5 rings (SSSR count). The summed E-state index contributed by atoms with van der Waals surface area (Å²) in [6.45, 7) is 5.17. The number of carbonyl (C=O) groups is 2. The number of nitrogens with zero attached hydrogens (tertiary/aromatic N) is 2. The number of aromatic nitrogens is 3. The van der Waals surface area contributed by atoms with Gasteiger partial charge in [0.05, 0.1) is 29.3 Å². The minimum atomic E-state index is -1.37. The van der Waals surface area contributed by atoms with Gasteiger partial charge in [-0.05, 0) is 57.6 Å². The molecule has 2 aliphatic carbocycles. The van der Waals surface area contributed by atoms with E-state index in [9.17, 15) is 19.1 Å².